The van der Waals surface area contributed by atoms with E-state index in [1.54, 1.807) is 24.5 Å². The molecule has 0 aliphatic rings. The van der Waals surface area contributed by atoms with Gasteiger partial charge in [0.05, 0.1) is 0 Å². The van der Waals surface area contributed by atoms with Crippen molar-refractivity contribution in [1.82, 2.24) is 15.6 Å². The van der Waals surface area contributed by atoms with Crippen molar-refractivity contribution in [2.24, 2.45) is 0 Å². The lowest BCUT2D eigenvalue weighted by atomic mass is 10.1. The average Bonchev–Trinajstić information content (AvgIpc) is 2.52. The summed E-state index contributed by atoms with van der Waals surface area (Å²) in [4.78, 5) is 26.8. The van der Waals surface area contributed by atoms with Gasteiger partial charge in [0.25, 0.3) is 5.91 Å². The zero-order valence-corrected chi connectivity index (χ0v) is 11.8. The van der Waals surface area contributed by atoms with Gasteiger partial charge in [0, 0.05) is 38.0 Å². The Kier molecular flexibility index (Phi) is 5.04. The van der Waals surface area contributed by atoms with Gasteiger partial charge < -0.3 is 10.6 Å². The molecule has 1 aromatic heterocycles. The number of pyridine rings is 1. The van der Waals surface area contributed by atoms with Crippen molar-refractivity contribution in [3.05, 3.63) is 65.5 Å². The van der Waals surface area contributed by atoms with Gasteiger partial charge in [-0.2, -0.15) is 0 Å². The SMILES string of the molecule is CC(=O)NCc1ccc(C(=O)NCc2cccnc2)cc1. The van der Waals surface area contributed by atoms with E-state index in [4.69, 9.17) is 0 Å². The summed E-state index contributed by atoms with van der Waals surface area (Å²) < 4.78 is 0. The highest BCUT2D eigenvalue weighted by Crippen LogP contribution is 2.05. The predicted molar refractivity (Wildman–Crippen MR) is 79.4 cm³/mol. The van der Waals surface area contributed by atoms with E-state index in [1.807, 2.05) is 24.3 Å². The van der Waals surface area contributed by atoms with Crippen LogP contribution in [0.15, 0.2) is 48.8 Å². The number of nitrogens with zero attached hydrogens (tertiary/aromatic N) is 1. The Morgan fingerprint density at radius 1 is 1.00 bits per heavy atom. The Balaban J connectivity index is 1.89. The van der Waals surface area contributed by atoms with Gasteiger partial charge in [-0.25, -0.2) is 0 Å². The normalized spacial score (nSPS) is 9.95. The lowest BCUT2D eigenvalue weighted by molar-refractivity contribution is -0.119. The van der Waals surface area contributed by atoms with Crippen LogP contribution in [-0.4, -0.2) is 16.8 Å². The van der Waals surface area contributed by atoms with Crippen molar-refractivity contribution in [2.45, 2.75) is 20.0 Å². The summed E-state index contributed by atoms with van der Waals surface area (Å²) in [5.41, 5.74) is 2.49. The molecule has 5 nitrogen and oxygen atoms in total. The second-order valence-electron chi connectivity index (χ2n) is 4.65. The number of hydrogen-bond donors (Lipinski definition) is 2. The first kappa shape index (κ1) is 14.7. The first-order valence-electron chi connectivity index (χ1n) is 6.65. The molecule has 0 fully saturated rings. The van der Waals surface area contributed by atoms with Crippen LogP contribution in [0.2, 0.25) is 0 Å². The third kappa shape index (κ3) is 4.72. The van der Waals surface area contributed by atoms with Gasteiger partial charge in [-0.3, -0.25) is 14.6 Å². The van der Waals surface area contributed by atoms with Crippen molar-refractivity contribution >= 4 is 11.8 Å². The fraction of sp³-hybridized carbons (Fsp3) is 0.188. The van der Waals surface area contributed by atoms with Crippen molar-refractivity contribution in [1.29, 1.82) is 0 Å². The Morgan fingerprint density at radius 3 is 2.33 bits per heavy atom. The molecule has 0 aliphatic heterocycles. The van der Waals surface area contributed by atoms with Crippen LogP contribution < -0.4 is 10.6 Å². The molecule has 0 unspecified atom stereocenters. The van der Waals surface area contributed by atoms with E-state index < -0.39 is 0 Å². The van der Waals surface area contributed by atoms with Crippen LogP contribution in [0, 0.1) is 0 Å². The van der Waals surface area contributed by atoms with E-state index >= 15 is 0 Å². The number of carbonyl (C=O) groups excluding carboxylic acids is 2. The highest BCUT2D eigenvalue weighted by Gasteiger charge is 2.05. The molecule has 2 amide bonds. The van der Waals surface area contributed by atoms with E-state index in [1.165, 1.54) is 6.92 Å². The molecule has 2 rings (SSSR count). The zero-order chi connectivity index (χ0) is 15.1. The number of aromatic nitrogens is 1. The van der Waals surface area contributed by atoms with Gasteiger partial charge in [-0.1, -0.05) is 18.2 Å². The maximum absolute atomic E-state index is 12.0. The monoisotopic (exact) mass is 283 g/mol. The van der Waals surface area contributed by atoms with Gasteiger partial charge >= 0.3 is 0 Å². The Hall–Kier alpha value is -2.69. The highest BCUT2D eigenvalue weighted by atomic mass is 16.2. The quantitative estimate of drug-likeness (QED) is 0.876. The van der Waals surface area contributed by atoms with Gasteiger partial charge in [0.1, 0.15) is 0 Å². The van der Waals surface area contributed by atoms with E-state index in [2.05, 4.69) is 15.6 Å². The molecule has 0 atom stereocenters. The van der Waals surface area contributed by atoms with Gasteiger partial charge in [0.2, 0.25) is 5.91 Å². The van der Waals surface area contributed by atoms with Crippen LogP contribution >= 0.6 is 0 Å². The molecular formula is C16H17N3O2. The largest absolute Gasteiger partial charge is 0.352 e. The lowest BCUT2D eigenvalue weighted by Crippen LogP contribution is -2.23. The molecule has 108 valence electrons. The minimum Gasteiger partial charge on any atom is -0.352 e. The minimum atomic E-state index is -0.134. The predicted octanol–water partition coefficient (Wildman–Crippen LogP) is 1.65. The number of amides is 2. The van der Waals surface area contributed by atoms with E-state index in [-0.39, 0.29) is 11.8 Å². The molecule has 5 heteroatoms. The summed E-state index contributed by atoms with van der Waals surface area (Å²) in [5.74, 6) is -0.210. The number of hydrogen-bond acceptors (Lipinski definition) is 3. The Morgan fingerprint density at radius 2 is 1.71 bits per heavy atom. The third-order valence-electron chi connectivity index (χ3n) is 2.93. The van der Waals surface area contributed by atoms with Crippen LogP contribution in [0.25, 0.3) is 0 Å². The zero-order valence-electron chi connectivity index (χ0n) is 11.8. The summed E-state index contributed by atoms with van der Waals surface area (Å²) in [6.07, 6.45) is 3.41. The molecule has 1 heterocycles. The lowest BCUT2D eigenvalue weighted by Gasteiger charge is -2.06. The summed E-state index contributed by atoms with van der Waals surface area (Å²) in [5, 5.41) is 5.55. The fourth-order valence-corrected chi connectivity index (χ4v) is 1.79. The van der Waals surface area contributed by atoms with Gasteiger partial charge in [0.15, 0.2) is 0 Å². The van der Waals surface area contributed by atoms with Gasteiger partial charge in [-0.05, 0) is 29.3 Å². The first-order chi connectivity index (χ1) is 10.1. The smallest absolute Gasteiger partial charge is 0.251 e. The maximum Gasteiger partial charge on any atom is 0.251 e. The molecule has 0 spiro atoms. The molecule has 0 radical (unpaired) electrons. The average molecular weight is 283 g/mol. The fourth-order valence-electron chi connectivity index (χ4n) is 1.79. The van der Waals surface area contributed by atoms with E-state index in [0.29, 0.717) is 18.7 Å². The summed E-state index contributed by atoms with van der Waals surface area (Å²) >= 11 is 0. The van der Waals surface area contributed by atoms with Crippen LogP contribution in [-0.2, 0) is 17.9 Å². The van der Waals surface area contributed by atoms with Crippen LogP contribution in [0.4, 0.5) is 0 Å². The molecule has 21 heavy (non-hydrogen) atoms. The van der Waals surface area contributed by atoms with Crippen LogP contribution in [0.5, 0.6) is 0 Å². The molecule has 0 bridgehead atoms. The molecule has 0 aliphatic carbocycles. The van der Waals surface area contributed by atoms with E-state index in [0.717, 1.165) is 11.1 Å². The standard InChI is InChI=1S/C16H17N3O2/c1-12(20)18-10-13-4-6-15(7-5-13)16(21)19-11-14-3-2-8-17-9-14/h2-9H,10-11H2,1H3,(H,18,20)(H,19,21). The van der Waals surface area contributed by atoms with Crippen LogP contribution in [0.3, 0.4) is 0 Å². The van der Waals surface area contributed by atoms with Crippen molar-refractivity contribution in [3.63, 3.8) is 0 Å². The van der Waals surface area contributed by atoms with E-state index in [9.17, 15) is 9.59 Å². The van der Waals surface area contributed by atoms with Crippen molar-refractivity contribution < 1.29 is 9.59 Å². The molecule has 2 aromatic rings. The second kappa shape index (κ2) is 7.19. The molecule has 0 saturated carbocycles. The summed E-state index contributed by atoms with van der Waals surface area (Å²) in [6.45, 7) is 2.38. The topological polar surface area (TPSA) is 71.1 Å². The first-order valence-corrected chi connectivity index (χ1v) is 6.65. The Bertz CT molecular complexity index is 609. The summed E-state index contributed by atoms with van der Waals surface area (Å²) in [7, 11) is 0. The van der Waals surface area contributed by atoms with Crippen molar-refractivity contribution in [2.75, 3.05) is 0 Å². The highest BCUT2D eigenvalue weighted by molar-refractivity contribution is 5.94. The maximum atomic E-state index is 12.0. The third-order valence-corrected chi connectivity index (χ3v) is 2.93. The van der Waals surface area contributed by atoms with Gasteiger partial charge in [-0.15, -0.1) is 0 Å². The molecule has 1 aromatic carbocycles. The number of nitrogens with one attached hydrogen (secondary N) is 2. The Labute approximate surface area is 123 Å². The molecule has 2 N–H and O–H groups in total. The van der Waals surface area contributed by atoms with Crippen molar-refractivity contribution in [3.8, 4) is 0 Å². The summed E-state index contributed by atoms with van der Waals surface area (Å²) in [6, 6.07) is 10.9. The molecule has 0 saturated heterocycles. The number of benzene rings is 1. The number of carbonyl (C=O) groups is 2. The minimum absolute atomic E-state index is 0.0757. The van der Waals surface area contributed by atoms with Crippen LogP contribution in [0.1, 0.15) is 28.4 Å². The second-order valence-corrected chi connectivity index (χ2v) is 4.65. The molecular weight excluding hydrogens is 266 g/mol. The number of rotatable bonds is 5.